The number of hydrogen-bond acceptors (Lipinski definition) is 11. The number of amides is 1. The maximum atomic E-state index is 14.0. The molecule has 2 aliphatic heterocycles. The maximum Gasteiger partial charge on any atom is 0.475 e. The number of halogens is 4. The lowest BCUT2D eigenvalue weighted by Gasteiger charge is -2.34. The van der Waals surface area contributed by atoms with Crippen molar-refractivity contribution in [3.63, 3.8) is 0 Å². The molecule has 11 nitrogen and oxygen atoms in total. The van der Waals surface area contributed by atoms with Crippen LogP contribution in [0.25, 0.3) is 11.1 Å². The van der Waals surface area contributed by atoms with Crippen molar-refractivity contribution in [2.75, 3.05) is 75.1 Å². The third-order valence-electron chi connectivity index (χ3n) is 11.5. The molecule has 7 rings (SSSR count). The van der Waals surface area contributed by atoms with E-state index in [-0.39, 0.29) is 35.7 Å². The number of anilines is 2. The second-order valence-corrected chi connectivity index (χ2v) is 21.6. The summed E-state index contributed by atoms with van der Waals surface area (Å²) in [4.78, 5) is 27.5. The summed E-state index contributed by atoms with van der Waals surface area (Å²) in [6, 6.07) is 38.0. The molecule has 3 N–H and O–H groups in total. The van der Waals surface area contributed by atoms with E-state index in [1.54, 1.807) is 43.8 Å². The topological polar surface area (TPSA) is 130 Å². The van der Waals surface area contributed by atoms with Gasteiger partial charge >= 0.3 is 13.3 Å². The van der Waals surface area contributed by atoms with E-state index in [0.29, 0.717) is 41.8 Å². The molecule has 5 aromatic carbocycles. The summed E-state index contributed by atoms with van der Waals surface area (Å²) in [7, 11) is -6.99. The van der Waals surface area contributed by atoms with Gasteiger partial charge in [-0.3, -0.25) is 23.5 Å². The van der Waals surface area contributed by atoms with E-state index in [1.807, 2.05) is 54.6 Å². The standard InChI is InChI=1S/C46H48ClF3N4O3S3.C4H11O4P/c47-37-14-10-34(11-15-37)42-9-5-4-6-36(42)30-33-20-24-54(25-21-33)39-16-12-35(13-17-39)45(55)52-59-41-18-19-43(44(31-41)60(56)46(48,49)50)51-38(22-23-53-26-28-57-29-27-53)32-58-40-7-2-1-3-8-40;1-3-7-9(5,6)8-4-2/h1-19,31,33,38,51H,20-30,32H2,(H,52,55);3-4H2,1-2H3,(H,5,6). The van der Waals surface area contributed by atoms with Crippen molar-refractivity contribution in [1.29, 1.82) is 0 Å². The summed E-state index contributed by atoms with van der Waals surface area (Å²) >= 11 is 8.64. The summed E-state index contributed by atoms with van der Waals surface area (Å²) in [5.74, 6) is 0.763. The molecule has 69 heavy (non-hydrogen) atoms. The number of nitrogens with one attached hydrogen (secondary N) is 2. The second kappa shape index (κ2) is 27.1. The average molecular weight is 1050 g/mol. The first-order valence-electron chi connectivity index (χ1n) is 22.9. The lowest BCUT2D eigenvalue weighted by Crippen LogP contribution is -2.39. The highest BCUT2D eigenvalue weighted by Gasteiger charge is 2.39. The van der Waals surface area contributed by atoms with E-state index < -0.39 is 24.1 Å². The first-order valence-corrected chi connectivity index (χ1v) is 27.7. The summed E-state index contributed by atoms with van der Waals surface area (Å²) in [6.07, 6.45) is 3.76. The molecule has 2 fully saturated rings. The summed E-state index contributed by atoms with van der Waals surface area (Å²) in [6.45, 7) is 9.08. The molecule has 0 radical (unpaired) electrons. The van der Waals surface area contributed by atoms with Crippen LogP contribution in [0.3, 0.4) is 0 Å². The molecule has 2 unspecified atom stereocenters. The number of carbonyl (C=O) groups excluding carboxylic acids is 1. The molecule has 1 amide bonds. The number of phosphoric acid groups is 1. The molecule has 19 heteroatoms. The Kier molecular flexibility index (Phi) is 21.4. The van der Waals surface area contributed by atoms with Crippen LogP contribution in [-0.4, -0.2) is 96.4 Å². The van der Waals surface area contributed by atoms with Gasteiger partial charge in [-0.1, -0.05) is 66.2 Å². The Labute approximate surface area is 419 Å². The van der Waals surface area contributed by atoms with Crippen molar-refractivity contribution in [3.05, 3.63) is 137 Å². The lowest BCUT2D eigenvalue weighted by molar-refractivity contribution is -0.0384. The highest BCUT2D eigenvalue weighted by molar-refractivity contribution is 7.99. The number of thioether (sulfide) groups is 1. The van der Waals surface area contributed by atoms with Crippen LogP contribution in [0.15, 0.2) is 136 Å². The Balaban J connectivity index is 0.000000789. The van der Waals surface area contributed by atoms with Crippen LogP contribution < -0.4 is 14.9 Å². The van der Waals surface area contributed by atoms with E-state index >= 15 is 0 Å². The number of rotatable bonds is 20. The van der Waals surface area contributed by atoms with E-state index in [4.69, 9.17) is 21.2 Å². The van der Waals surface area contributed by atoms with E-state index in [0.717, 1.165) is 85.1 Å². The van der Waals surface area contributed by atoms with Gasteiger partial charge in [0.1, 0.15) is 0 Å². The van der Waals surface area contributed by atoms with Crippen molar-refractivity contribution in [2.24, 2.45) is 5.92 Å². The molecular weight excluding hydrogens is 988 g/mol. The zero-order chi connectivity index (χ0) is 49.2. The van der Waals surface area contributed by atoms with Crippen molar-refractivity contribution >= 4 is 71.2 Å². The quantitative estimate of drug-likeness (QED) is 0.0390. The van der Waals surface area contributed by atoms with Crippen LogP contribution in [0.2, 0.25) is 5.02 Å². The summed E-state index contributed by atoms with van der Waals surface area (Å²) in [5.41, 5.74) is 0.388. The van der Waals surface area contributed by atoms with E-state index in [1.165, 1.54) is 23.3 Å². The SMILES string of the molecule is CCOP(=O)(O)OCC.O=C(NSc1ccc(NC(CCN2CCOCC2)CSc2ccccc2)c(S(=O)C(F)(F)F)c1)c1ccc(N2CCC(Cc3ccccc3-c3ccc(Cl)cc3)CC2)cc1. The highest BCUT2D eigenvalue weighted by Crippen LogP contribution is 2.42. The zero-order valence-corrected chi connectivity index (χ0v) is 42.7. The molecule has 0 bridgehead atoms. The Morgan fingerprint density at radius 1 is 0.884 bits per heavy atom. The van der Waals surface area contributed by atoms with Crippen LogP contribution in [0.1, 0.15) is 49.0 Å². The van der Waals surface area contributed by atoms with Gasteiger partial charge in [0.15, 0.2) is 10.8 Å². The second-order valence-electron chi connectivity index (χ2n) is 16.3. The zero-order valence-electron chi connectivity index (χ0n) is 38.6. The van der Waals surface area contributed by atoms with Gasteiger partial charge in [0.05, 0.1) is 37.0 Å². The molecule has 5 aromatic rings. The van der Waals surface area contributed by atoms with E-state index in [9.17, 15) is 26.7 Å². The Morgan fingerprint density at radius 3 is 2.19 bits per heavy atom. The maximum absolute atomic E-state index is 14.0. The van der Waals surface area contributed by atoms with Crippen LogP contribution in [-0.2, 0) is 35.6 Å². The molecule has 0 aromatic heterocycles. The van der Waals surface area contributed by atoms with Gasteiger partial charge in [-0.2, -0.15) is 13.2 Å². The molecule has 2 heterocycles. The number of nitrogens with zero attached hydrogens (tertiary/aromatic N) is 2. The average Bonchev–Trinajstić information content (AvgIpc) is 3.35. The largest absolute Gasteiger partial charge is 0.475 e. The van der Waals surface area contributed by atoms with Gasteiger partial charge in [0.25, 0.3) is 5.91 Å². The fourth-order valence-electron chi connectivity index (χ4n) is 7.92. The lowest BCUT2D eigenvalue weighted by atomic mass is 9.87. The van der Waals surface area contributed by atoms with Crippen LogP contribution in [0.5, 0.6) is 0 Å². The molecule has 0 saturated carbocycles. The van der Waals surface area contributed by atoms with Gasteiger partial charge in [0.2, 0.25) is 0 Å². The minimum absolute atomic E-state index is 0.157. The third-order valence-corrected chi connectivity index (χ3v) is 16.0. The third kappa shape index (κ3) is 17.4. The number of phosphoric ester groups is 1. The van der Waals surface area contributed by atoms with Crippen molar-refractivity contribution < 1.29 is 45.4 Å². The number of benzene rings is 5. The van der Waals surface area contributed by atoms with Gasteiger partial charge in [0, 0.05) is 70.6 Å². The van der Waals surface area contributed by atoms with Gasteiger partial charge in [-0.05, 0) is 141 Å². The van der Waals surface area contributed by atoms with Gasteiger partial charge in [-0.15, -0.1) is 11.8 Å². The Bertz CT molecular complexity index is 2440. The summed E-state index contributed by atoms with van der Waals surface area (Å²) in [5, 5.41) is 4.03. The number of hydrogen-bond donors (Lipinski definition) is 3. The Morgan fingerprint density at radius 2 is 1.54 bits per heavy atom. The van der Waals surface area contributed by atoms with Gasteiger partial charge < -0.3 is 19.8 Å². The fraction of sp³-hybridized carbons (Fsp3) is 0.380. The molecule has 2 aliphatic rings. The summed E-state index contributed by atoms with van der Waals surface area (Å²) < 4.78 is 82.4. The van der Waals surface area contributed by atoms with Crippen LogP contribution >= 0.6 is 43.1 Å². The molecular formula is C50H59ClF3N4O7PS3. The molecule has 2 saturated heterocycles. The normalized spacial score (nSPS) is 15.7. The van der Waals surface area contributed by atoms with Crippen LogP contribution in [0.4, 0.5) is 24.5 Å². The molecule has 372 valence electrons. The van der Waals surface area contributed by atoms with Crippen molar-refractivity contribution in [1.82, 2.24) is 9.62 Å². The minimum Gasteiger partial charge on any atom is -0.380 e. The number of carbonyl (C=O) groups is 1. The molecule has 0 aliphatic carbocycles. The van der Waals surface area contributed by atoms with Gasteiger partial charge in [-0.25, -0.2) is 8.77 Å². The van der Waals surface area contributed by atoms with Crippen molar-refractivity contribution in [3.8, 4) is 11.1 Å². The Hall–Kier alpha value is -3.87. The smallest absolute Gasteiger partial charge is 0.380 e. The number of morpholine rings is 1. The number of ether oxygens (including phenoxy) is 1. The fourth-order valence-corrected chi connectivity index (χ4v) is 11.3. The first-order chi connectivity index (χ1) is 33.2. The molecule has 2 atom stereocenters. The van der Waals surface area contributed by atoms with E-state index in [2.05, 4.69) is 65.3 Å². The van der Waals surface area contributed by atoms with Crippen LogP contribution in [0, 0.1) is 5.92 Å². The first kappa shape index (κ1) is 54.5. The monoisotopic (exact) mass is 1050 g/mol. The van der Waals surface area contributed by atoms with Crippen molar-refractivity contribution in [2.45, 2.75) is 65.8 Å². The minimum atomic E-state index is -4.97. The number of alkyl halides is 3. The highest BCUT2D eigenvalue weighted by atomic mass is 35.5. The predicted octanol–water partition coefficient (Wildman–Crippen LogP) is 12.0. The predicted molar refractivity (Wildman–Crippen MR) is 274 cm³/mol. The molecule has 0 spiro atoms. The number of piperidine rings is 1.